The minimum Gasteiger partial charge on any atom is -0.464 e. The molecule has 0 aromatic carbocycles. The molecule has 2 aromatic heterocycles. The minimum absolute atomic E-state index is 0.0594. The van der Waals surface area contributed by atoms with E-state index in [1.54, 1.807) is 6.20 Å². The Labute approximate surface area is 106 Å². The van der Waals surface area contributed by atoms with Gasteiger partial charge in [0.2, 0.25) is 0 Å². The summed E-state index contributed by atoms with van der Waals surface area (Å²) in [6.07, 6.45) is 1.70. The van der Waals surface area contributed by atoms with Gasteiger partial charge in [0.05, 0.1) is 11.7 Å². The second-order valence-electron chi connectivity index (χ2n) is 4.11. The van der Waals surface area contributed by atoms with Gasteiger partial charge in [0.25, 0.3) is 0 Å². The Kier molecular flexibility index (Phi) is 3.38. The van der Waals surface area contributed by atoms with E-state index in [-0.39, 0.29) is 6.04 Å². The Morgan fingerprint density at radius 3 is 2.65 bits per heavy atom. The Hall–Kier alpha value is -1.48. The highest BCUT2D eigenvalue weighted by atomic mass is 35.5. The van der Waals surface area contributed by atoms with Gasteiger partial charge in [-0.15, -0.1) is 0 Å². The predicted molar refractivity (Wildman–Crippen MR) is 69.5 cm³/mol. The van der Waals surface area contributed by atoms with Crippen LogP contribution >= 0.6 is 11.6 Å². The number of aromatic nitrogens is 1. The minimum atomic E-state index is 0.0594. The number of anilines is 1. The average Bonchev–Trinajstić information content (AvgIpc) is 2.70. The van der Waals surface area contributed by atoms with Crippen molar-refractivity contribution in [2.75, 3.05) is 5.32 Å². The number of pyridine rings is 1. The van der Waals surface area contributed by atoms with Crippen LogP contribution in [0.2, 0.25) is 5.15 Å². The molecule has 2 heterocycles. The zero-order valence-corrected chi connectivity index (χ0v) is 10.9. The summed E-state index contributed by atoms with van der Waals surface area (Å²) < 4.78 is 5.57. The summed E-state index contributed by atoms with van der Waals surface area (Å²) in [5.74, 6) is 1.80. The number of rotatable bonds is 3. The summed E-state index contributed by atoms with van der Waals surface area (Å²) in [7, 11) is 0. The third-order valence-electron chi connectivity index (χ3n) is 2.66. The second-order valence-corrected chi connectivity index (χ2v) is 4.47. The van der Waals surface area contributed by atoms with Gasteiger partial charge in [0.1, 0.15) is 11.5 Å². The van der Waals surface area contributed by atoms with Gasteiger partial charge in [0.15, 0.2) is 5.15 Å². The summed E-state index contributed by atoms with van der Waals surface area (Å²) in [4.78, 5) is 4.06. The largest absolute Gasteiger partial charge is 0.464 e. The van der Waals surface area contributed by atoms with Crippen molar-refractivity contribution in [1.29, 1.82) is 0 Å². The molecule has 17 heavy (non-hydrogen) atoms. The van der Waals surface area contributed by atoms with Crippen LogP contribution in [0.4, 0.5) is 5.69 Å². The molecule has 0 spiro atoms. The lowest BCUT2D eigenvalue weighted by atomic mass is 10.2. The fourth-order valence-electron chi connectivity index (χ4n) is 1.67. The van der Waals surface area contributed by atoms with Crippen molar-refractivity contribution in [2.45, 2.75) is 26.8 Å². The van der Waals surface area contributed by atoms with Gasteiger partial charge >= 0.3 is 0 Å². The number of hydrogen-bond donors (Lipinski definition) is 1. The van der Waals surface area contributed by atoms with E-state index in [1.807, 2.05) is 39.0 Å². The van der Waals surface area contributed by atoms with Crippen LogP contribution in [-0.2, 0) is 0 Å². The molecule has 1 N–H and O–H groups in total. The third kappa shape index (κ3) is 2.61. The zero-order chi connectivity index (χ0) is 12.4. The Balaban J connectivity index is 2.21. The molecule has 0 aliphatic rings. The molecule has 0 amide bonds. The van der Waals surface area contributed by atoms with E-state index in [0.29, 0.717) is 5.15 Å². The molecule has 0 aliphatic heterocycles. The summed E-state index contributed by atoms with van der Waals surface area (Å²) in [6.45, 7) is 5.95. The van der Waals surface area contributed by atoms with E-state index in [0.717, 1.165) is 22.8 Å². The van der Waals surface area contributed by atoms with Crippen molar-refractivity contribution in [2.24, 2.45) is 0 Å². The summed E-state index contributed by atoms with van der Waals surface area (Å²) >= 11 is 6.06. The Morgan fingerprint density at radius 2 is 2.06 bits per heavy atom. The Bertz CT molecular complexity index is 502. The maximum Gasteiger partial charge on any atom is 0.152 e. The molecule has 2 rings (SSSR count). The van der Waals surface area contributed by atoms with Gasteiger partial charge in [0, 0.05) is 6.20 Å². The maximum atomic E-state index is 6.06. The first-order chi connectivity index (χ1) is 8.08. The van der Waals surface area contributed by atoms with Gasteiger partial charge in [-0.1, -0.05) is 11.6 Å². The molecule has 0 fully saturated rings. The number of furan rings is 1. The van der Waals surface area contributed by atoms with Crippen molar-refractivity contribution in [1.82, 2.24) is 4.98 Å². The maximum absolute atomic E-state index is 6.06. The summed E-state index contributed by atoms with van der Waals surface area (Å²) in [5, 5.41) is 3.81. The van der Waals surface area contributed by atoms with Gasteiger partial charge in [-0.3, -0.25) is 0 Å². The van der Waals surface area contributed by atoms with Crippen LogP contribution in [0.25, 0.3) is 0 Å². The predicted octanol–water partition coefficient (Wildman–Crippen LogP) is 4.12. The first-order valence-electron chi connectivity index (χ1n) is 5.52. The van der Waals surface area contributed by atoms with Crippen LogP contribution in [0.15, 0.2) is 28.8 Å². The normalized spacial score (nSPS) is 12.5. The zero-order valence-electron chi connectivity index (χ0n) is 10.1. The lowest BCUT2D eigenvalue weighted by Gasteiger charge is -2.15. The SMILES string of the molecule is Cc1ccc(C(C)Nc2c(C)ccnc2Cl)o1. The van der Waals surface area contributed by atoms with Crippen LogP contribution in [0.3, 0.4) is 0 Å². The van der Waals surface area contributed by atoms with Crippen molar-refractivity contribution in [3.05, 3.63) is 46.6 Å². The van der Waals surface area contributed by atoms with Crippen LogP contribution in [0.5, 0.6) is 0 Å². The number of nitrogens with zero attached hydrogens (tertiary/aromatic N) is 1. The number of aryl methyl sites for hydroxylation is 2. The topological polar surface area (TPSA) is 38.1 Å². The van der Waals surface area contributed by atoms with E-state index in [4.69, 9.17) is 16.0 Å². The van der Waals surface area contributed by atoms with Crippen LogP contribution in [0.1, 0.15) is 30.0 Å². The summed E-state index contributed by atoms with van der Waals surface area (Å²) in [6, 6.07) is 5.90. The molecule has 0 bridgehead atoms. The fourth-order valence-corrected chi connectivity index (χ4v) is 1.93. The van der Waals surface area contributed by atoms with Crippen LogP contribution in [0, 0.1) is 13.8 Å². The quantitative estimate of drug-likeness (QED) is 0.833. The molecular formula is C13H15ClN2O. The van der Waals surface area contributed by atoms with E-state index < -0.39 is 0 Å². The van der Waals surface area contributed by atoms with E-state index in [1.165, 1.54) is 0 Å². The highest BCUT2D eigenvalue weighted by Gasteiger charge is 2.12. The van der Waals surface area contributed by atoms with E-state index >= 15 is 0 Å². The average molecular weight is 251 g/mol. The van der Waals surface area contributed by atoms with Crippen LogP contribution < -0.4 is 5.32 Å². The van der Waals surface area contributed by atoms with Crippen molar-refractivity contribution in [3.63, 3.8) is 0 Å². The molecule has 90 valence electrons. The molecule has 1 unspecified atom stereocenters. The van der Waals surface area contributed by atoms with Crippen molar-refractivity contribution in [3.8, 4) is 0 Å². The second kappa shape index (κ2) is 4.80. The molecule has 2 aromatic rings. The highest BCUT2D eigenvalue weighted by molar-refractivity contribution is 6.32. The standard InChI is InChI=1S/C13H15ClN2O/c1-8-6-7-15-13(14)12(8)16-10(3)11-5-4-9(2)17-11/h4-7,10,16H,1-3H3. The molecule has 1 atom stereocenters. The first-order valence-corrected chi connectivity index (χ1v) is 5.89. The van der Waals surface area contributed by atoms with Gasteiger partial charge in [-0.05, 0) is 44.5 Å². The smallest absolute Gasteiger partial charge is 0.152 e. The third-order valence-corrected chi connectivity index (χ3v) is 2.95. The van der Waals surface area contributed by atoms with Crippen LogP contribution in [-0.4, -0.2) is 4.98 Å². The van der Waals surface area contributed by atoms with Gasteiger partial charge in [-0.25, -0.2) is 4.98 Å². The van der Waals surface area contributed by atoms with Gasteiger partial charge in [-0.2, -0.15) is 0 Å². The highest BCUT2D eigenvalue weighted by Crippen LogP contribution is 2.28. The monoisotopic (exact) mass is 250 g/mol. The molecule has 0 saturated carbocycles. The van der Waals surface area contributed by atoms with Crippen molar-refractivity contribution < 1.29 is 4.42 Å². The lowest BCUT2D eigenvalue weighted by molar-refractivity contribution is 0.467. The molecule has 0 saturated heterocycles. The fraction of sp³-hybridized carbons (Fsp3) is 0.308. The lowest BCUT2D eigenvalue weighted by Crippen LogP contribution is -2.07. The Morgan fingerprint density at radius 1 is 1.29 bits per heavy atom. The molecular weight excluding hydrogens is 236 g/mol. The first kappa shape index (κ1) is 12.0. The molecule has 4 heteroatoms. The molecule has 0 radical (unpaired) electrons. The van der Waals surface area contributed by atoms with E-state index in [9.17, 15) is 0 Å². The number of halogens is 1. The van der Waals surface area contributed by atoms with Crippen molar-refractivity contribution >= 4 is 17.3 Å². The number of nitrogens with one attached hydrogen (secondary N) is 1. The summed E-state index contributed by atoms with van der Waals surface area (Å²) in [5.41, 5.74) is 1.93. The molecule has 3 nitrogen and oxygen atoms in total. The van der Waals surface area contributed by atoms with Gasteiger partial charge < -0.3 is 9.73 Å². The number of hydrogen-bond acceptors (Lipinski definition) is 3. The van der Waals surface area contributed by atoms with E-state index in [2.05, 4.69) is 10.3 Å². The molecule has 0 aliphatic carbocycles.